The molecule has 1 unspecified atom stereocenters. The predicted molar refractivity (Wildman–Crippen MR) is 106 cm³/mol. The Morgan fingerprint density at radius 1 is 1.37 bits per heavy atom. The molecule has 148 valence electrons. The Kier molecular flexibility index (Phi) is 6.54. The molecule has 2 heterocycles. The number of hydrogen-bond donors (Lipinski definition) is 1. The lowest BCUT2D eigenvalue weighted by atomic mass is 9.79. The predicted octanol–water partition coefficient (Wildman–Crippen LogP) is 3.49. The van der Waals surface area contributed by atoms with Gasteiger partial charge in [-0.15, -0.1) is 12.4 Å². The molecule has 0 bridgehead atoms. The van der Waals surface area contributed by atoms with Crippen LogP contribution in [0.15, 0.2) is 28.8 Å². The fourth-order valence-corrected chi connectivity index (χ4v) is 3.34. The summed E-state index contributed by atoms with van der Waals surface area (Å²) in [6.07, 6.45) is 0.806. The van der Waals surface area contributed by atoms with Gasteiger partial charge in [0.1, 0.15) is 18.1 Å². The number of rotatable bonds is 4. The van der Waals surface area contributed by atoms with E-state index >= 15 is 0 Å². The molecule has 1 fully saturated rings. The number of aryl methyl sites for hydroxylation is 2. The smallest absolute Gasteiger partial charge is 0.257 e. The number of ether oxygens (including phenoxy) is 1. The highest BCUT2D eigenvalue weighted by atomic mass is 35.5. The Hall–Kier alpha value is -2.05. The Morgan fingerprint density at radius 3 is 2.70 bits per heavy atom. The minimum absolute atomic E-state index is 0. The van der Waals surface area contributed by atoms with Gasteiger partial charge in [0.05, 0.1) is 16.8 Å². The van der Waals surface area contributed by atoms with Crippen LogP contribution in [-0.4, -0.2) is 35.1 Å². The third-order valence-corrected chi connectivity index (χ3v) is 5.27. The van der Waals surface area contributed by atoms with E-state index in [1.54, 1.807) is 0 Å². The van der Waals surface area contributed by atoms with E-state index in [9.17, 15) is 4.79 Å². The summed E-state index contributed by atoms with van der Waals surface area (Å²) in [5, 5.41) is 3.94. The number of carbonyl (C=O) groups is 1. The second-order valence-electron chi connectivity index (χ2n) is 7.70. The van der Waals surface area contributed by atoms with Gasteiger partial charge in [-0.1, -0.05) is 31.1 Å². The van der Waals surface area contributed by atoms with E-state index < -0.39 is 0 Å². The maximum atomic E-state index is 13.1. The quantitative estimate of drug-likeness (QED) is 0.859. The highest BCUT2D eigenvalue weighted by Crippen LogP contribution is 2.30. The van der Waals surface area contributed by atoms with Crippen LogP contribution in [-0.2, 0) is 6.61 Å². The monoisotopic (exact) mass is 393 g/mol. The zero-order valence-corrected chi connectivity index (χ0v) is 17.1. The van der Waals surface area contributed by atoms with Gasteiger partial charge in [-0.25, -0.2) is 0 Å². The zero-order chi connectivity index (χ0) is 18.9. The number of hydrogen-bond acceptors (Lipinski definition) is 5. The van der Waals surface area contributed by atoms with Crippen molar-refractivity contribution in [2.24, 2.45) is 11.1 Å². The summed E-state index contributed by atoms with van der Waals surface area (Å²) < 4.78 is 11.1. The lowest BCUT2D eigenvalue weighted by molar-refractivity contribution is 0.0528. The van der Waals surface area contributed by atoms with E-state index in [1.165, 1.54) is 0 Å². The van der Waals surface area contributed by atoms with Gasteiger partial charge in [0.25, 0.3) is 5.91 Å². The van der Waals surface area contributed by atoms with Crippen LogP contribution >= 0.6 is 12.4 Å². The fraction of sp³-hybridized carbons (Fsp3) is 0.500. The minimum Gasteiger partial charge on any atom is -0.488 e. The van der Waals surface area contributed by atoms with Crippen molar-refractivity contribution >= 4 is 18.3 Å². The molecule has 1 aromatic carbocycles. The Labute approximate surface area is 166 Å². The van der Waals surface area contributed by atoms with Gasteiger partial charge in [0.2, 0.25) is 0 Å². The van der Waals surface area contributed by atoms with Crippen molar-refractivity contribution in [1.29, 1.82) is 0 Å². The highest BCUT2D eigenvalue weighted by molar-refractivity contribution is 5.97. The molecule has 1 atom stereocenters. The average molecular weight is 394 g/mol. The molecule has 1 aromatic heterocycles. The standard InChI is InChI=1S/C20H27N3O3.ClH/c1-13-16(14(2)26-22-13)11-25-17-8-6-5-7-15(17)19(24)23-10-9-18(21)20(3,4)12-23;/h5-8,18H,9-12,21H2,1-4H3;1H. The molecule has 1 amide bonds. The van der Waals surface area contributed by atoms with Crippen molar-refractivity contribution in [3.63, 3.8) is 0 Å². The van der Waals surface area contributed by atoms with Crippen LogP contribution in [0.3, 0.4) is 0 Å². The largest absolute Gasteiger partial charge is 0.488 e. The minimum atomic E-state index is -0.0968. The van der Waals surface area contributed by atoms with E-state index in [0.29, 0.717) is 31.0 Å². The summed E-state index contributed by atoms with van der Waals surface area (Å²) in [6, 6.07) is 7.48. The molecule has 7 heteroatoms. The molecular weight excluding hydrogens is 366 g/mol. The molecule has 0 spiro atoms. The van der Waals surface area contributed by atoms with Crippen LogP contribution in [0.2, 0.25) is 0 Å². The van der Waals surface area contributed by atoms with E-state index in [0.717, 1.165) is 23.4 Å². The first-order chi connectivity index (χ1) is 12.3. The van der Waals surface area contributed by atoms with Crippen molar-refractivity contribution in [3.05, 3.63) is 46.8 Å². The zero-order valence-electron chi connectivity index (χ0n) is 16.3. The third-order valence-electron chi connectivity index (χ3n) is 5.27. The highest BCUT2D eigenvalue weighted by Gasteiger charge is 2.36. The number of para-hydroxylation sites is 1. The fourth-order valence-electron chi connectivity index (χ4n) is 3.34. The number of nitrogens with two attached hydrogens (primary N) is 1. The molecular formula is C20H28ClN3O3. The molecule has 3 rings (SSSR count). The summed E-state index contributed by atoms with van der Waals surface area (Å²) in [6.45, 7) is 9.59. The molecule has 0 aliphatic carbocycles. The molecule has 0 saturated carbocycles. The lowest BCUT2D eigenvalue weighted by Crippen LogP contribution is -2.54. The summed E-state index contributed by atoms with van der Waals surface area (Å²) in [5.74, 6) is 1.29. The van der Waals surface area contributed by atoms with E-state index in [2.05, 4.69) is 19.0 Å². The second kappa shape index (κ2) is 8.31. The number of amides is 1. The van der Waals surface area contributed by atoms with Crippen LogP contribution in [0.25, 0.3) is 0 Å². The summed E-state index contributed by atoms with van der Waals surface area (Å²) in [4.78, 5) is 15.0. The average Bonchev–Trinajstić information content (AvgIpc) is 2.93. The lowest BCUT2D eigenvalue weighted by Gasteiger charge is -2.42. The van der Waals surface area contributed by atoms with Gasteiger partial charge in [-0.3, -0.25) is 4.79 Å². The molecule has 1 aliphatic heterocycles. The Morgan fingerprint density at radius 2 is 2.07 bits per heavy atom. The Bertz CT molecular complexity index is 784. The van der Waals surface area contributed by atoms with E-state index in [4.69, 9.17) is 15.0 Å². The summed E-state index contributed by atoms with van der Waals surface area (Å²) >= 11 is 0. The van der Waals surface area contributed by atoms with Crippen molar-refractivity contribution in [2.75, 3.05) is 13.1 Å². The number of aromatic nitrogens is 1. The van der Waals surface area contributed by atoms with Crippen molar-refractivity contribution in [3.8, 4) is 5.75 Å². The number of benzene rings is 1. The number of piperidine rings is 1. The number of carbonyl (C=O) groups excluding carboxylic acids is 1. The van der Waals surface area contributed by atoms with Crippen LogP contribution in [0.5, 0.6) is 5.75 Å². The van der Waals surface area contributed by atoms with Crippen LogP contribution in [0, 0.1) is 19.3 Å². The van der Waals surface area contributed by atoms with Gasteiger partial charge in [0, 0.05) is 19.1 Å². The van der Waals surface area contributed by atoms with Crippen molar-refractivity contribution in [2.45, 2.75) is 46.8 Å². The molecule has 2 N–H and O–H groups in total. The molecule has 1 aliphatic rings. The number of halogens is 1. The van der Waals surface area contributed by atoms with E-state index in [-0.39, 0.29) is 29.8 Å². The van der Waals surface area contributed by atoms with Gasteiger partial charge in [-0.05, 0) is 37.8 Å². The maximum absolute atomic E-state index is 13.1. The molecule has 27 heavy (non-hydrogen) atoms. The molecule has 0 radical (unpaired) electrons. The van der Waals surface area contributed by atoms with Gasteiger partial charge in [-0.2, -0.15) is 0 Å². The third kappa shape index (κ3) is 4.45. The van der Waals surface area contributed by atoms with Crippen molar-refractivity contribution in [1.82, 2.24) is 10.1 Å². The maximum Gasteiger partial charge on any atom is 0.257 e. The van der Waals surface area contributed by atoms with Crippen molar-refractivity contribution < 1.29 is 14.1 Å². The second-order valence-corrected chi connectivity index (χ2v) is 7.70. The first-order valence-electron chi connectivity index (χ1n) is 8.98. The number of nitrogens with zero attached hydrogens (tertiary/aromatic N) is 2. The van der Waals surface area contributed by atoms with Gasteiger partial charge < -0.3 is 19.9 Å². The SMILES string of the molecule is Cc1noc(C)c1COc1ccccc1C(=O)N1CCC(N)C(C)(C)C1.Cl. The molecule has 6 nitrogen and oxygen atoms in total. The normalized spacial score (nSPS) is 18.7. The van der Waals surface area contributed by atoms with Crippen LogP contribution in [0.4, 0.5) is 0 Å². The van der Waals surface area contributed by atoms with Crippen LogP contribution in [0.1, 0.15) is 47.6 Å². The molecule has 1 saturated heterocycles. The summed E-state index contributed by atoms with van der Waals surface area (Å²) in [5.41, 5.74) is 8.39. The van der Waals surface area contributed by atoms with Crippen LogP contribution < -0.4 is 10.5 Å². The Balaban J connectivity index is 0.00000261. The van der Waals surface area contributed by atoms with Gasteiger partial charge in [0.15, 0.2) is 0 Å². The first kappa shape index (κ1) is 21.3. The number of likely N-dealkylation sites (tertiary alicyclic amines) is 1. The van der Waals surface area contributed by atoms with Gasteiger partial charge >= 0.3 is 0 Å². The topological polar surface area (TPSA) is 81.6 Å². The van der Waals surface area contributed by atoms with E-state index in [1.807, 2.05) is 43.0 Å². The molecule has 2 aromatic rings. The first-order valence-corrected chi connectivity index (χ1v) is 8.98. The summed E-state index contributed by atoms with van der Waals surface area (Å²) in [7, 11) is 0.